The van der Waals surface area contributed by atoms with Crippen LogP contribution in [0.2, 0.25) is 0 Å². The zero-order chi connectivity index (χ0) is 15.3. The second-order valence-electron chi connectivity index (χ2n) is 6.03. The van der Waals surface area contributed by atoms with Crippen molar-refractivity contribution in [2.75, 3.05) is 28.4 Å². The molecule has 1 rings (SSSR count). The highest BCUT2D eigenvalue weighted by Gasteiger charge is 2.25. The minimum absolute atomic E-state index is 0.199. The number of nitrogens with one attached hydrogen (secondary N) is 1. The third-order valence-corrected chi connectivity index (χ3v) is 3.28. The van der Waals surface area contributed by atoms with Crippen molar-refractivity contribution < 1.29 is 14.2 Å². The Labute approximate surface area is 122 Å². The van der Waals surface area contributed by atoms with Gasteiger partial charge in [0.25, 0.3) is 0 Å². The molecule has 0 spiro atoms. The number of ether oxygens (including phenoxy) is 3. The lowest BCUT2D eigenvalue weighted by molar-refractivity contribution is 0.299. The molecule has 4 nitrogen and oxygen atoms in total. The number of rotatable bonds is 6. The highest BCUT2D eigenvalue weighted by Crippen LogP contribution is 2.44. The van der Waals surface area contributed by atoms with Crippen LogP contribution in [0.4, 0.5) is 0 Å². The molecule has 0 aliphatic heterocycles. The van der Waals surface area contributed by atoms with Gasteiger partial charge in [-0.05, 0) is 31.0 Å². The average molecular weight is 281 g/mol. The molecule has 0 saturated heterocycles. The van der Waals surface area contributed by atoms with E-state index in [9.17, 15) is 0 Å². The maximum atomic E-state index is 5.56. The van der Waals surface area contributed by atoms with Gasteiger partial charge in [-0.15, -0.1) is 0 Å². The Morgan fingerprint density at radius 2 is 1.60 bits per heavy atom. The molecule has 0 aromatic heterocycles. The molecule has 1 aromatic carbocycles. The number of hydrogen-bond donors (Lipinski definition) is 1. The molecule has 114 valence electrons. The van der Waals surface area contributed by atoms with Gasteiger partial charge < -0.3 is 19.5 Å². The van der Waals surface area contributed by atoms with Crippen molar-refractivity contribution >= 4 is 0 Å². The van der Waals surface area contributed by atoms with E-state index in [1.807, 2.05) is 19.2 Å². The molecule has 0 radical (unpaired) electrons. The van der Waals surface area contributed by atoms with Crippen LogP contribution in [0, 0.1) is 5.41 Å². The molecule has 20 heavy (non-hydrogen) atoms. The van der Waals surface area contributed by atoms with Gasteiger partial charge in [0.1, 0.15) is 0 Å². The lowest BCUT2D eigenvalue weighted by atomic mass is 9.85. The summed E-state index contributed by atoms with van der Waals surface area (Å²) in [6.45, 7) is 6.68. The average Bonchev–Trinajstić information content (AvgIpc) is 2.41. The minimum Gasteiger partial charge on any atom is -0.493 e. The van der Waals surface area contributed by atoms with Crippen molar-refractivity contribution in [1.82, 2.24) is 5.32 Å². The first kappa shape index (κ1) is 16.6. The number of hydrogen-bond acceptors (Lipinski definition) is 4. The van der Waals surface area contributed by atoms with Crippen molar-refractivity contribution in [2.45, 2.75) is 33.2 Å². The summed E-state index contributed by atoms with van der Waals surface area (Å²) in [5, 5.41) is 3.36. The second-order valence-corrected chi connectivity index (χ2v) is 6.03. The Kier molecular flexibility index (Phi) is 5.69. The molecule has 0 amide bonds. The molecule has 0 aliphatic carbocycles. The van der Waals surface area contributed by atoms with Crippen LogP contribution in [0.25, 0.3) is 0 Å². The third-order valence-electron chi connectivity index (χ3n) is 3.28. The molecule has 0 saturated carbocycles. The first-order valence-electron chi connectivity index (χ1n) is 6.84. The molecule has 0 fully saturated rings. The van der Waals surface area contributed by atoms with Crippen LogP contribution in [-0.4, -0.2) is 28.4 Å². The van der Waals surface area contributed by atoms with E-state index in [2.05, 4.69) is 26.1 Å². The summed E-state index contributed by atoms with van der Waals surface area (Å²) >= 11 is 0. The van der Waals surface area contributed by atoms with Crippen LogP contribution in [-0.2, 0) is 0 Å². The van der Waals surface area contributed by atoms with Gasteiger partial charge in [0.05, 0.1) is 21.3 Å². The standard InChI is InChI=1S/C16H27NO3/c1-16(2,3)10-12(17-4)11-8-9-13(18-5)15(20-7)14(11)19-6/h8-9,12,17H,10H2,1-7H3. The fourth-order valence-electron chi connectivity index (χ4n) is 2.38. The van der Waals surface area contributed by atoms with E-state index in [0.717, 1.165) is 17.7 Å². The highest BCUT2D eigenvalue weighted by molar-refractivity contribution is 5.56. The minimum atomic E-state index is 0.199. The van der Waals surface area contributed by atoms with Gasteiger partial charge >= 0.3 is 0 Å². The monoisotopic (exact) mass is 281 g/mol. The van der Waals surface area contributed by atoms with Crippen LogP contribution < -0.4 is 19.5 Å². The molecule has 0 aliphatic rings. The van der Waals surface area contributed by atoms with Crippen molar-refractivity contribution in [1.29, 1.82) is 0 Å². The second kappa shape index (κ2) is 6.84. The topological polar surface area (TPSA) is 39.7 Å². The summed E-state index contributed by atoms with van der Waals surface area (Å²) in [7, 11) is 6.88. The van der Waals surface area contributed by atoms with E-state index in [1.165, 1.54) is 0 Å². The maximum Gasteiger partial charge on any atom is 0.203 e. The smallest absolute Gasteiger partial charge is 0.203 e. The zero-order valence-electron chi connectivity index (χ0n) is 13.7. The van der Waals surface area contributed by atoms with Crippen molar-refractivity contribution in [3.8, 4) is 17.2 Å². The predicted molar refractivity (Wildman–Crippen MR) is 82.0 cm³/mol. The summed E-state index contributed by atoms with van der Waals surface area (Å²) in [5.74, 6) is 2.05. The molecule has 1 unspecified atom stereocenters. The van der Waals surface area contributed by atoms with E-state index in [0.29, 0.717) is 11.5 Å². The highest BCUT2D eigenvalue weighted by atomic mass is 16.5. The lowest BCUT2D eigenvalue weighted by Crippen LogP contribution is -2.23. The molecular weight excluding hydrogens is 254 g/mol. The SMILES string of the molecule is CNC(CC(C)(C)C)c1ccc(OC)c(OC)c1OC. The van der Waals surface area contributed by atoms with Crippen LogP contribution in [0.3, 0.4) is 0 Å². The molecular formula is C16H27NO3. The Bertz CT molecular complexity index is 438. The van der Waals surface area contributed by atoms with Gasteiger partial charge in [-0.2, -0.15) is 0 Å². The van der Waals surface area contributed by atoms with Gasteiger partial charge in [0.2, 0.25) is 5.75 Å². The van der Waals surface area contributed by atoms with Gasteiger partial charge in [-0.1, -0.05) is 20.8 Å². The summed E-state index contributed by atoms with van der Waals surface area (Å²) < 4.78 is 16.3. The van der Waals surface area contributed by atoms with Crippen molar-refractivity contribution in [2.24, 2.45) is 5.41 Å². The lowest BCUT2D eigenvalue weighted by Gasteiger charge is -2.28. The molecule has 4 heteroatoms. The Balaban J connectivity index is 3.28. The number of methoxy groups -OCH3 is 3. The Morgan fingerprint density at radius 1 is 1.00 bits per heavy atom. The summed E-state index contributed by atoms with van der Waals surface area (Å²) in [6, 6.07) is 4.15. The van der Waals surface area contributed by atoms with E-state index in [1.54, 1.807) is 21.3 Å². The molecule has 1 atom stereocenters. The third kappa shape index (κ3) is 3.79. The predicted octanol–water partition coefficient (Wildman–Crippen LogP) is 3.41. The van der Waals surface area contributed by atoms with Gasteiger partial charge in [-0.3, -0.25) is 0 Å². The van der Waals surface area contributed by atoms with E-state index in [4.69, 9.17) is 14.2 Å². The van der Waals surface area contributed by atoms with E-state index in [-0.39, 0.29) is 11.5 Å². The van der Waals surface area contributed by atoms with Gasteiger partial charge in [0, 0.05) is 11.6 Å². The molecule has 1 N–H and O–H groups in total. The fraction of sp³-hybridized carbons (Fsp3) is 0.625. The Morgan fingerprint density at radius 3 is 2.00 bits per heavy atom. The molecule has 1 aromatic rings. The quantitative estimate of drug-likeness (QED) is 0.867. The van der Waals surface area contributed by atoms with Crippen LogP contribution in [0.1, 0.15) is 38.8 Å². The summed E-state index contributed by atoms with van der Waals surface area (Å²) in [6.07, 6.45) is 0.995. The van der Waals surface area contributed by atoms with Crippen molar-refractivity contribution in [3.63, 3.8) is 0 Å². The summed E-state index contributed by atoms with van der Waals surface area (Å²) in [4.78, 5) is 0. The normalized spacial score (nSPS) is 12.9. The fourth-order valence-corrected chi connectivity index (χ4v) is 2.38. The number of benzene rings is 1. The first-order valence-corrected chi connectivity index (χ1v) is 6.84. The van der Waals surface area contributed by atoms with Crippen LogP contribution >= 0.6 is 0 Å². The maximum absolute atomic E-state index is 5.56. The van der Waals surface area contributed by atoms with Crippen LogP contribution in [0.15, 0.2) is 12.1 Å². The largest absolute Gasteiger partial charge is 0.493 e. The van der Waals surface area contributed by atoms with Gasteiger partial charge in [-0.25, -0.2) is 0 Å². The molecule has 0 heterocycles. The summed E-state index contributed by atoms with van der Waals surface area (Å²) in [5.41, 5.74) is 1.30. The van der Waals surface area contributed by atoms with Gasteiger partial charge in [0.15, 0.2) is 11.5 Å². The Hall–Kier alpha value is -1.42. The zero-order valence-corrected chi connectivity index (χ0v) is 13.7. The molecule has 0 bridgehead atoms. The van der Waals surface area contributed by atoms with Crippen molar-refractivity contribution in [3.05, 3.63) is 17.7 Å². The van der Waals surface area contributed by atoms with E-state index >= 15 is 0 Å². The van der Waals surface area contributed by atoms with Crippen LogP contribution in [0.5, 0.6) is 17.2 Å². The first-order chi connectivity index (χ1) is 9.37. The van der Waals surface area contributed by atoms with E-state index < -0.39 is 0 Å².